The van der Waals surface area contributed by atoms with Crippen LogP contribution in [-0.4, -0.2) is 54.9 Å². The molecule has 0 heterocycles. The first-order chi connectivity index (χ1) is 20.8. The minimum absolute atomic E-state index is 0.0922. The Morgan fingerprint density at radius 3 is 1.93 bits per heavy atom. The average Bonchev–Trinajstić information content (AvgIpc) is 3.02. The van der Waals surface area contributed by atoms with Crippen molar-refractivity contribution in [3.63, 3.8) is 0 Å². The molecule has 3 aromatic carbocycles. The molecule has 44 heavy (non-hydrogen) atoms. The summed E-state index contributed by atoms with van der Waals surface area (Å²) < 4.78 is 34.1. The van der Waals surface area contributed by atoms with E-state index in [1.54, 1.807) is 39.0 Å². The van der Waals surface area contributed by atoms with Crippen molar-refractivity contribution in [3.05, 3.63) is 102 Å². The van der Waals surface area contributed by atoms with E-state index in [4.69, 9.17) is 4.74 Å². The summed E-state index contributed by atoms with van der Waals surface area (Å²) in [6.45, 7) is 9.09. The van der Waals surface area contributed by atoms with Gasteiger partial charge in [0.1, 0.15) is 6.61 Å². The molecule has 3 atom stereocenters. The zero-order valence-electron chi connectivity index (χ0n) is 26.3. The Morgan fingerprint density at radius 1 is 0.864 bits per heavy atom. The number of hydrogen-bond acceptors (Lipinski definition) is 6. The lowest BCUT2D eigenvalue weighted by Gasteiger charge is -2.33. The zero-order valence-corrected chi connectivity index (χ0v) is 27.2. The Labute approximate surface area is 262 Å². The van der Waals surface area contributed by atoms with Gasteiger partial charge in [0.05, 0.1) is 28.4 Å². The normalized spacial score (nSPS) is 14.2. The van der Waals surface area contributed by atoms with Gasteiger partial charge < -0.3 is 15.2 Å². The summed E-state index contributed by atoms with van der Waals surface area (Å²) in [5.74, 6) is -1.52. The number of hydrogen-bond donors (Lipinski definition) is 2. The molecule has 2 N–H and O–H groups in total. The third-order valence-electron chi connectivity index (χ3n) is 8.03. The van der Waals surface area contributed by atoms with Crippen LogP contribution in [0.3, 0.4) is 0 Å². The molecule has 0 aromatic heterocycles. The summed E-state index contributed by atoms with van der Waals surface area (Å²) in [5.41, 5.74) is 0.541. The van der Waals surface area contributed by atoms with E-state index in [2.05, 4.69) is 5.32 Å². The van der Waals surface area contributed by atoms with Crippen molar-refractivity contribution in [3.8, 4) is 0 Å². The number of carbonyl (C=O) groups is 2. The molecular weight excluding hydrogens is 576 g/mol. The van der Waals surface area contributed by atoms with Crippen molar-refractivity contribution in [2.24, 2.45) is 17.3 Å². The van der Waals surface area contributed by atoms with Crippen molar-refractivity contribution in [1.29, 1.82) is 0 Å². The molecule has 0 saturated heterocycles. The Kier molecular flexibility index (Phi) is 12.7. The maximum absolute atomic E-state index is 13.6. The number of nitrogens with zero attached hydrogens (tertiary/aromatic N) is 1. The van der Waals surface area contributed by atoms with E-state index in [9.17, 15) is 23.1 Å². The van der Waals surface area contributed by atoms with E-state index in [-0.39, 0.29) is 36.9 Å². The Bertz CT molecular complexity index is 1430. The number of sulfonamides is 1. The number of rotatable bonds is 16. The summed E-state index contributed by atoms with van der Waals surface area (Å²) in [7, 11) is -3.91. The highest BCUT2D eigenvalue weighted by molar-refractivity contribution is 7.89. The fraction of sp³-hybridized carbons (Fsp3) is 0.429. The predicted octanol–water partition coefficient (Wildman–Crippen LogP) is 5.22. The maximum Gasteiger partial charge on any atom is 0.312 e. The summed E-state index contributed by atoms with van der Waals surface area (Å²) in [6.07, 6.45) is -0.363. The summed E-state index contributed by atoms with van der Waals surface area (Å²) in [5, 5.41) is 14.5. The monoisotopic (exact) mass is 622 g/mol. The minimum Gasteiger partial charge on any atom is -0.460 e. The molecule has 3 aromatic rings. The molecule has 0 fully saturated rings. The van der Waals surface area contributed by atoms with Gasteiger partial charge in [-0.05, 0) is 55.9 Å². The Balaban J connectivity index is 1.81. The van der Waals surface area contributed by atoms with Crippen LogP contribution in [0.4, 0.5) is 0 Å². The maximum atomic E-state index is 13.6. The van der Waals surface area contributed by atoms with Gasteiger partial charge in [-0.25, -0.2) is 8.42 Å². The van der Waals surface area contributed by atoms with Crippen LogP contribution in [0.5, 0.6) is 0 Å². The van der Waals surface area contributed by atoms with Gasteiger partial charge in [-0.1, -0.05) is 99.6 Å². The molecule has 9 heteroatoms. The third kappa shape index (κ3) is 9.74. The van der Waals surface area contributed by atoms with Crippen molar-refractivity contribution < 1.29 is 27.9 Å². The molecule has 0 aliphatic rings. The Morgan fingerprint density at radius 2 is 1.39 bits per heavy atom. The zero-order chi connectivity index (χ0) is 32.3. The highest BCUT2D eigenvalue weighted by Crippen LogP contribution is 2.29. The first-order valence-electron chi connectivity index (χ1n) is 15.1. The predicted molar refractivity (Wildman–Crippen MR) is 172 cm³/mol. The van der Waals surface area contributed by atoms with Crippen LogP contribution in [-0.2, 0) is 37.4 Å². The van der Waals surface area contributed by atoms with Crippen LogP contribution in [0, 0.1) is 17.3 Å². The van der Waals surface area contributed by atoms with Gasteiger partial charge in [-0.2, -0.15) is 4.31 Å². The second kappa shape index (κ2) is 16.0. The molecule has 0 aliphatic carbocycles. The van der Waals surface area contributed by atoms with E-state index in [1.807, 2.05) is 74.5 Å². The minimum atomic E-state index is -3.91. The van der Waals surface area contributed by atoms with Gasteiger partial charge in [0.25, 0.3) is 0 Å². The highest BCUT2D eigenvalue weighted by atomic mass is 32.2. The van der Waals surface area contributed by atoms with Gasteiger partial charge in [-0.15, -0.1) is 0 Å². The number of aliphatic hydroxyl groups is 1. The van der Waals surface area contributed by atoms with E-state index >= 15 is 0 Å². The van der Waals surface area contributed by atoms with Crippen LogP contribution in [0.1, 0.15) is 52.2 Å². The molecule has 0 radical (unpaired) electrons. The molecule has 8 nitrogen and oxygen atoms in total. The van der Waals surface area contributed by atoms with Gasteiger partial charge in [0, 0.05) is 13.1 Å². The smallest absolute Gasteiger partial charge is 0.312 e. The second-order valence-electron chi connectivity index (χ2n) is 12.2. The fourth-order valence-electron chi connectivity index (χ4n) is 4.66. The van der Waals surface area contributed by atoms with Gasteiger partial charge in [-0.3, -0.25) is 9.59 Å². The second-order valence-corrected chi connectivity index (χ2v) is 14.2. The number of amides is 1. The number of ether oxygens (including phenoxy) is 1. The topological polar surface area (TPSA) is 113 Å². The quantitative estimate of drug-likeness (QED) is 0.212. The molecule has 2 unspecified atom stereocenters. The highest BCUT2D eigenvalue weighted by Gasteiger charge is 2.41. The Hall–Kier alpha value is -3.53. The standard InChI is InChI=1S/C35H46N2O6S/c1-26(2)21-22-37(44(41,42)30-19-13-8-14-20-30)24-32(38)31(23-28-15-9-6-10-16-28)36-33(39)27(3)35(4,5)34(40)43-25-29-17-11-7-12-18-29/h6-20,26-27,31-32,38H,21-25H2,1-5H3,(H,36,39)/t27?,31-,32?/m0/s1. The molecule has 0 saturated carbocycles. The molecular formula is C35H46N2O6S. The van der Waals surface area contributed by atoms with Gasteiger partial charge in [0.2, 0.25) is 15.9 Å². The molecule has 0 spiro atoms. The summed E-state index contributed by atoms with van der Waals surface area (Å²) >= 11 is 0. The van der Waals surface area contributed by atoms with Crippen molar-refractivity contribution in [2.75, 3.05) is 13.1 Å². The van der Waals surface area contributed by atoms with Crippen LogP contribution in [0.2, 0.25) is 0 Å². The van der Waals surface area contributed by atoms with E-state index in [0.717, 1.165) is 11.1 Å². The lowest BCUT2D eigenvalue weighted by Crippen LogP contribution is -2.53. The van der Waals surface area contributed by atoms with Crippen LogP contribution in [0.15, 0.2) is 95.9 Å². The van der Waals surface area contributed by atoms with E-state index in [0.29, 0.717) is 6.42 Å². The molecule has 238 valence electrons. The lowest BCUT2D eigenvalue weighted by atomic mass is 9.79. The molecule has 3 rings (SSSR count). The van der Waals surface area contributed by atoms with Crippen LogP contribution >= 0.6 is 0 Å². The van der Waals surface area contributed by atoms with Gasteiger partial charge >= 0.3 is 5.97 Å². The van der Waals surface area contributed by atoms with E-state index in [1.165, 1.54) is 16.4 Å². The van der Waals surface area contributed by atoms with Crippen molar-refractivity contribution in [1.82, 2.24) is 9.62 Å². The van der Waals surface area contributed by atoms with Gasteiger partial charge in [0.15, 0.2) is 0 Å². The number of carbonyl (C=O) groups excluding carboxylic acids is 2. The van der Waals surface area contributed by atoms with Crippen molar-refractivity contribution >= 4 is 21.9 Å². The van der Waals surface area contributed by atoms with Crippen LogP contribution < -0.4 is 5.32 Å². The lowest BCUT2D eigenvalue weighted by molar-refractivity contribution is -0.161. The third-order valence-corrected chi connectivity index (χ3v) is 9.91. The average molecular weight is 623 g/mol. The van der Waals surface area contributed by atoms with Crippen molar-refractivity contribution in [2.45, 2.75) is 71.1 Å². The number of benzene rings is 3. The summed E-state index contributed by atoms with van der Waals surface area (Å²) in [4.78, 5) is 26.9. The number of nitrogens with one attached hydrogen (secondary N) is 1. The first kappa shape index (κ1) is 35.0. The number of esters is 1. The first-order valence-corrected chi connectivity index (χ1v) is 16.5. The van der Waals surface area contributed by atoms with E-state index < -0.39 is 45.4 Å². The SMILES string of the molecule is CC(C)CCN(CC(O)[C@H](Cc1ccccc1)NC(=O)C(C)C(C)(C)C(=O)OCc1ccccc1)S(=O)(=O)c1ccccc1. The number of aliphatic hydroxyl groups excluding tert-OH is 1. The summed E-state index contributed by atoms with van der Waals surface area (Å²) in [6, 6.07) is 26.0. The fourth-order valence-corrected chi connectivity index (χ4v) is 6.16. The largest absolute Gasteiger partial charge is 0.460 e. The molecule has 1 amide bonds. The van der Waals surface area contributed by atoms with Crippen LogP contribution in [0.25, 0.3) is 0 Å². The molecule has 0 aliphatic heterocycles. The molecule has 0 bridgehead atoms.